The van der Waals surface area contributed by atoms with E-state index in [0.717, 1.165) is 6.42 Å². The van der Waals surface area contributed by atoms with Gasteiger partial charge in [-0.3, -0.25) is 29.0 Å². The molecule has 0 saturated carbocycles. The number of hydrogen-bond donors (Lipinski definition) is 5. The van der Waals surface area contributed by atoms with Crippen LogP contribution in [0.25, 0.3) is 0 Å². The number of rotatable bonds is 15. The lowest BCUT2D eigenvalue weighted by Crippen LogP contribution is -2.43. The summed E-state index contributed by atoms with van der Waals surface area (Å²) in [6.45, 7) is 4.47. The first-order valence-electron chi connectivity index (χ1n) is 8.19. The molecule has 0 aromatic heterocycles. The molecule has 11 nitrogen and oxygen atoms in total. The highest BCUT2D eigenvalue weighted by atomic mass is 16.6. The van der Waals surface area contributed by atoms with Crippen molar-refractivity contribution in [3.8, 4) is 0 Å². The fourth-order valence-electron chi connectivity index (χ4n) is 1.96. The monoisotopic (exact) mass is 362 g/mol. The fourth-order valence-corrected chi connectivity index (χ4v) is 1.96. The molecule has 0 heterocycles. The maximum atomic E-state index is 11.5. The number of hydrogen-bond acceptors (Lipinski definition) is 8. The Morgan fingerprint density at radius 2 is 1.20 bits per heavy atom. The molecule has 7 N–H and O–H groups in total. The molecular formula is C14H30N6O5. The molecule has 0 spiro atoms. The Labute approximate surface area is 147 Å². The standard InChI is InChI=1S/C14H30N6O5/c1-2-3-12(21)17-4-7-20(8-5-18-13(22)10-24-15)9-6-19-14(23)11-25-16/h2-11,15-16H2,1H3,(H,17,21)(H,18,22)(H,19,23). The molecule has 146 valence electrons. The summed E-state index contributed by atoms with van der Waals surface area (Å²) in [4.78, 5) is 44.6. The normalized spacial score (nSPS) is 10.6. The molecule has 3 amide bonds. The van der Waals surface area contributed by atoms with Gasteiger partial charge in [-0.1, -0.05) is 6.92 Å². The highest BCUT2D eigenvalue weighted by Gasteiger charge is 2.08. The largest absolute Gasteiger partial charge is 0.355 e. The van der Waals surface area contributed by atoms with Gasteiger partial charge >= 0.3 is 0 Å². The van der Waals surface area contributed by atoms with Gasteiger partial charge in [-0.15, -0.1) is 0 Å². The van der Waals surface area contributed by atoms with Crippen molar-refractivity contribution in [1.82, 2.24) is 20.9 Å². The number of nitrogens with two attached hydrogens (primary N) is 2. The van der Waals surface area contributed by atoms with Crippen molar-refractivity contribution in [2.45, 2.75) is 19.8 Å². The summed E-state index contributed by atoms with van der Waals surface area (Å²) in [6.07, 6.45) is 1.28. The van der Waals surface area contributed by atoms with E-state index in [1.165, 1.54) is 0 Å². The summed E-state index contributed by atoms with van der Waals surface area (Å²) in [5, 5.41) is 8.14. The van der Waals surface area contributed by atoms with Crippen LogP contribution in [0.15, 0.2) is 0 Å². The van der Waals surface area contributed by atoms with Gasteiger partial charge in [0, 0.05) is 45.7 Å². The molecule has 0 aliphatic heterocycles. The van der Waals surface area contributed by atoms with Crippen molar-refractivity contribution < 1.29 is 24.1 Å². The van der Waals surface area contributed by atoms with Crippen LogP contribution in [-0.2, 0) is 24.1 Å². The molecule has 0 radical (unpaired) electrons. The zero-order chi connectivity index (χ0) is 18.9. The zero-order valence-corrected chi connectivity index (χ0v) is 14.7. The molecule has 0 aliphatic carbocycles. The zero-order valence-electron chi connectivity index (χ0n) is 14.7. The molecule has 11 heteroatoms. The molecule has 0 saturated heterocycles. The molecule has 25 heavy (non-hydrogen) atoms. The van der Waals surface area contributed by atoms with Crippen LogP contribution in [0.3, 0.4) is 0 Å². The van der Waals surface area contributed by atoms with E-state index in [9.17, 15) is 14.4 Å². The van der Waals surface area contributed by atoms with Crippen LogP contribution in [0.1, 0.15) is 19.8 Å². The van der Waals surface area contributed by atoms with Crippen LogP contribution in [0.4, 0.5) is 0 Å². The van der Waals surface area contributed by atoms with Gasteiger partial charge in [-0.25, -0.2) is 11.8 Å². The van der Waals surface area contributed by atoms with Crippen LogP contribution in [-0.4, -0.2) is 75.1 Å². The smallest absolute Gasteiger partial charge is 0.248 e. The predicted octanol–water partition coefficient (Wildman–Crippen LogP) is -2.78. The lowest BCUT2D eigenvalue weighted by Gasteiger charge is -2.23. The first-order valence-corrected chi connectivity index (χ1v) is 8.19. The second-order valence-electron chi connectivity index (χ2n) is 5.26. The van der Waals surface area contributed by atoms with Gasteiger partial charge in [0.05, 0.1) is 0 Å². The van der Waals surface area contributed by atoms with Gasteiger partial charge in [0.2, 0.25) is 17.7 Å². The summed E-state index contributed by atoms with van der Waals surface area (Å²) < 4.78 is 0. The maximum absolute atomic E-state index is 11.5. The van der Waals surface area contributed by atoms with E-state index in [1.54, 1.807) is 0 Å². The Kier molecular flexibility index (Phi) is 14.6. The van der Waals surface area contributed by atoms with Crippen LogP contribution >= 0.6 is 0 Å². The molecule has 0 aromatic carbocycles. The Morgan fingerprint density at radius 1 is 0.800 bits per heavy atom. The van der Waals surface area contributed by atoms with Crippen molar-refractivity contribution in [2.75, 3.05) is 52.5 Å². The molecular weight excluding hydrogens is 332 g/mol. The second kappa shape index (κ2) is 15.7. The number of carbonyl (C=O) groups is 3. The maximum Gasteiger partial charge on any atom is 0.248 e. The quantitative estimate of drug-likeness (QED) is 0.195. The van der Waals surface area contributed by atoms with Crippen LogP contribution in [0.2, 0.25) is 0 Å². The topological polar surface area (TPSA) is 161 Å². The summed E-state index contributed by atoms with van der Waals surface area (Å²) in [6, 6.07) is 0. The van der Waals surface area contributed by atoms with Gasteiger partial charge in [0.15, 0.2) is 0 Å². The molecule has 0 atom stereocenters. The van der Waals surface area contributed by atoms with Crippen LogP contribution in [0.5, 0.6) is 0 Å². The summed E-state index contributed by atoms with van der Waals surface area (Å²) in [7, 11) is 0. The van der Waals surface area contributed by atoms with Gasteiger partial charge in [0.25, 0.3) is 0 Å². The Balaban J connectivity index is 4.17. The van der Waals surface area contributed by atoms with E-state index < -0.39 is 0 Å². The Bertz CT molecular complexity index is 339. The lowest BCUT2D eigenvalue weighted by molar-refractivity contribution is -0.126. The lowest BCUT2D eigenvalue weighted by atomic mass is 10.3. The van der Waals surface area contributed by atoms with E-state index in [4.69, 9.17) is 11.8 Å². The van der Waals surface area contributed by atoms with Gasteiger partial charge in [-0.05, 0) is 6.42 Å². The van der Waals surface area contributed by atoms with Crippen molar-refractivity contribution in [3.05, 3.63) is 0 Å². The molecule has 0 fully saturated rings. The Morgan fingerprint density at radius 3 is 1.56 bits per heavy atom. The summed E-state index contributed by atoms with van der Waals surface area (Å²) in [5.41, 5.74) is 0. The fraction of sp³-hybridized carbons (Fsp3) is 0.786. The minimum Gasteiger partial charge on any atom is -0.355 e. The number of amides is 3. The van der Waals surface area contributed by atoms with E-state index in [-0.39, 0.29) is 30.9 Å². The summed E-state index contributed by atoms with van der Waals surface area (Å²) >= 11 is 0. The predicted molar refractivity (Wildman–Crippen MR) is 90.7 cm³/mol. The third-order valence-electron chi connectivity index (χ3n) is 3.16. The second-order valence-corrected chi connectivity index (χ2v) is 5.26. The van der Waals surface area contributed by atoms with E-state index in [2.05, 4.69) is 25.6 Å². The Hall–Kier alpha value is -1.79. The van der Waals surface area contributed by atoms with Gasteiger partial charge in [0.1, 0.15) is 13.2 Å². The van der Waals surface area contributed by atoms with E-state index in [1.807, 2.05) is 11.8 Å². The third-order valence-corrected chi connectivity index (χ3v) is 3.16. The molecule has 0 unspecified atom stereocenters. The molecule has 0 aromatic rings. The van der Waals surface area contributed by atoms with Gasteiger partial charge in [-0.2, -0.15) is 0 Å². The number of carbonyl (C=O) groups excluding carboxylic acids is 3. The average molecular weight is 362 g/mol. The van der Waals surface area contributed by atoms with Crippen LogP contribution < -0.4 is 27.7 Å². The minimum absolute atomic E-state index is 0.00393. The average Bonchev–Trinajstić information content (AvgIpc) is 2.55. The highest BCUT2D eigenvalue weighted by molar-refractivity contribution is 5.77. The highest BCUT2D eigenvalue weighted by Crippen LogP contribution is 1.89. The van der Waals surface area contributed by atoms with Crippen LogP contribution in [0, 0.1) is 0 Å². The molecule has 0 bridgehead atoms. The van der Waals surface area contributed by atoms with Gasteiger partial charge < -0.3 is 16.0 Å². The van der Waals surface area contributed by atoms with Crippen molar-refractivity contribution in [2.24, 2.45) is 11.8 Å². The SMILES string of the molecule is CCCC(=O)NCCN(CCNC(=O)CON)CCNC(=O)CON. The van der Waals surface area contributed by atoms with E-state index >= 15 is 0 Å². The van der Waals surface area contributed by atoms with Crippen molar-refractivity contribution in [1.29, 1.82) is 0 Å². The minimum atomic E-state index is -0.313. The molecule has 0 rings (SSSR count). The third kappa shape index (κ3) is 14.3. The number of nitrogens with zero attached hydrogens (tertiary/aromatic N) is 1. The first-order chi connectivity index (χ1) is 12.0. The first kappa shape index (κ1) is 23.2. The number of nitrogens with one attached hydrogen (secondary N) is 3. The van der Waals surface area contributed by atoms with Crippen molar-refractivity contribution in [3.63, 3.8) is 0 Å². The van der Waals surface area contributed by atoms with Crippen molar-refractivity contribution >= 4 is 17.7 Å². The van der Waals surface area contributed by atoms with E-state index in [0.29, 0.717) is 45.7 Å². The molecule has 0 aliphatic rings. The summed E-state index contributed by atoms with van der Waals surface area (Å²) in [5.74, 6) is 9.03.